The van der Waals surface area contributed by atoms with Crippen molar-refractivity contribution in [1.29, 1.82) is 0 Å². The number of aromatic nitrogens is 1. The van der Waals surface area contributed by atoms with Crippen molar-refractivity contribution in [3.8, 4) is 16.9 Å². The second-order valence-electron chi connectivity index (χ2n) is 7.97. The number of pyridine rings is 1. The third kappa shape index (κ3) is 4.70. The number of carbonyl (C=O) groups is 1. The Morgan fingerprint density at radius 2 is 1.90 bits per heavy atom. The number of amides is 1. The molecule has 8 heteroatoms. The lowest BCUT2D eigenvalue weighted by Gasteiger charge is -2.24. The zero-order valence-electron chi connectivity index (χ0n) is 16.9. The van der Waals surface area contributed by atoms with Crippen molar-refractivity contribution < 1.29 is 14.3 Å². The van der Waals surface area contributed by atoms with Crippen LogP contribution in [0.4, 0.5) is 4.79 Å². The predicted molar refractivity (Wildman–Crippen MR) is 114 cm³/mol. The van der Waals surface area contributed by atoms with Gasteiger partial charge < -0.3 is 18.9 Å². The topological polar surface area (TPSA) is 60.8 Å². The molecule has 6 nitrogen and oxygen atoms in total. The number of methoxy groups -OCH3 is 1. The molecule has 0 saturated carbocycles. The Bertz CT molecular complexity index is 982. The number of likely N-dealkylation sites (tertiary alicyclic amines) is 1. The van der Waals surface area contributed by atoms with Crippen LogP contribution in [0.1, 0.15) is 33.2 Å². The van der Waals surface area contributed by atoms with E-state index in [2.05, 4.69) is 0 Å². The molecule has 1 aromatic carbocycles. The molecule has 2 aromatic rings. The van der Waals surface area contributed by atoms with E-state index in [4.69, 9.17) is 32.7 Å². The molecule has 0 N–H and O–H groups in total. The lowest BCUT2D eigenvalue weighted by Crippen LogP contribution is -2.36. The van der Waals surface area contributed by atoms with Crippen LogP contribution in [0.3, 0.4) is 0 Å². The highest BCUT2D eigenvalue weighted by Crippen LogP contribution is 2.40. The van der Waals surface area contributed by atoms with Gasteiger partial charge in [-0.15, -0.1) is 0 Å². The van der Waals surface area contributed by atoms with Crippen LogP contribution in [0, 0.1) is 0 Å². The maximum absolute atomic E-state index is 12.5. The smallest absolute Gasteiger partial charge is 0.410 e. The van der Waals surface area contributed by atoms with Gasteiger partial charge in [0.1, 0.15) is 11.4 Å². The summed E-state index contributed by atoms with van der Waals surface area (Å²) >= 11 is 12.6. The monoisotopic (exact) mass is 438 g/mol. The van der Waals surface area contributed by atoms with Crippen LogP contribution in [-0.4, -0.2) is 41.4 Å². The van der Waals surface area contributed by atoms with Gasteiger partial charge in [-0.2, -0.15) is 0 Å². The number of nitrogens with zero attached hydrogens (tertiary/aromatic N) is 2. The van der Waals surface area contributed by atoms with Crippen LogP contribution in [0.2, 0.25) is 10.0 Å². The van der Waals surface area contributed by atoms with E-state index in [-0.39, 0.29) is 17.7 Å². The first kappa shape index (κ1) is 21.5. The summed E-state index contributed by atoms with van der Waals surface area (Å²) < 4.78 is 12.5. The Balaban J connectivity index is 1.91. The van der Waals surface area contributed by atoms with Crippen LogP contribution in [0.5, 0.6) is 5.75 Å². The maximum Gasteiger partial charge on any atom is 0.410 e. The fraction of sp³-hybridized carbons (Fsp3) is 0.429. The van der Waals surface area contributed by atoms with E-state index in [9.17, 15) is 9.59 Å². The fourth-order valence-corrected chi connectivity index (χ4v) is 3.79. The van der Waals surface area contributed by atoms with E-state index in [1.54, 1.807) is 41.0 Å². The second kappa shape index (κ2) is 8.28. The lowest BCUT2D eigenvalue weighted by molar-refractivity contribution is 0.0289. The highest BCUT2D eigenvalue weighted by Gasteiger charge is 2.31. The van der Waals surface area contributed by atoms with E-state index in [0.29, 0.717) is 46.4 Å². The molecule has 1 aliphatic heterocycles. The van der Waals surface area contributed by atoms with E-state index >= 15 is 0 Å². The Morgan fingerprint density at radius 1 is 1.17 bits per heavy atom. The summed E-state index contributed by atoms with van der Waals surface area (Å²) in [5.74, 6) is 0.561. The number of carbonyl (C=O) groups excluding carboxylic acids is 1. The summed E-state index contributed by atoms with van der Waals surface area (Å²) in [7, 11) is 1.55. The predicted octanol–water partition coefficient (Wildman–Crippen LogP) is 5.01. The molecule has 156 valence electrons. The zero-order chi connectivity index (χ0) is 21.3. The molecule has 1 saturated heterocycles. The number of ether oxygens (including phenoxy) is 2. The molecule has 1 aromatic heterocycles. The summed E-state index contributed by atoms with van der Waals surface area (Å²) in [6.45, 7) is 6.41. The molecule has 3 rings (SSSR count). The molecule has 2 heterocycles. The Hall–Kier alpha value is -2.18. The van der Waals surface area contributed by atoms with Gasteiger partial charge in [0.2, 0.25) is 0 Å². The molecule has 0 radical (unpaired) electrons. The van der Waals surface area contributed by atoms with Crippen LogP contribution in [0.25, 0.3) is 11.1 Å². The first-order chi connectivity index (χ1) is 13.6. The van der Waals surface area contributed by atoms with Gasteiger partial charge in [0.15, 0.2) is 0 Å². The van der Waals surface area contributed by atoms with Gasteiger partial charge in [-0.3, -0.25) is 4.79 Å². The normalized spacial score (nSPS) is 16.8. The molecular weight excluding hydrogens is 415 g/mol. The lowest BCUT2D eigenvalue weighted by atomic mass is 10.1. The molecule has 1 atom stereocenters. The Labute approximate surface area is 179 Å². The largest absolute Gasteiger partial charge is 0.496 e. The van der Waals surface area contributed by atoms with E-state index in [0.717, 1.165) is 0 Å². The quantitative estimate of drug-likeness (QED) is 0.675. The highest BCUT2D eigenvalue weighted by atomic mass is 35.5. The molecule has 0 bridgehead atoms. The number of benzene rings is 1. The zero-order valence-corrected chi connectivity index (χ0v) is 18.4. The summed E-state index contributed by atoms with van der Waals surface area (Å²) in [5, 5.41) is 0.759. The van der Waals surface area contributed by atoms with E-state index < -0.39 is 5.60 Å². The van der Waals surface area contributed by atoms with Gasteiger partial charge in [0.25, 0.3) is 5.56 Å². The number of halogens is 2. The van der Waals surface area contributed by atoms with Gasteiger partial charge in [-0.05, 0) is 45.4 Å². The van der Waals surface area contributed by atoms with Crippen molar-refractivity contribution in [3.63, 3.8) is 0 Å². The van der Waals surface area contributed by atoms with Crippen molar-refractivity contribution in [2.75, 3.05) is 20.2 Å². The minimum atomic E-state index is -0.564. The van der Waals surface area contributed by atoms with Crippen molar-refractivity contribution in [2.45, 2.75) is 38.8 Å². The molecule has 29 heavy (non-hydrogen) atoms. The molecule has 0 spiro atoms. The van der Waals surface area contributed by atoms with Gasteiger partial charge >= 0.3 is 6.09 Å². The second-order valence-corrected chi connectivity index (χ2v) is 8.76. The average molecular weight is 439 g/mol. The highest BCUT2D eigenvalue weighted by molar-refractivity contribution is 6.44. The average Bonchev–Trinajstić information content (AvgIpc) is 3.13. The Kier molecular flexibility index (Phi) is 6.15. The Morgan fingerprint density at radius 3 is 2.55 bits per heavy atom. The third-order valence-corrected chi connectivity index (χ3v) is 5.52. The third-order valence-electron chi connectivity index (χ3n) is 4.71. The number of hydrogen-bond acceptors (Lipinski definition) is 4. The van der Waals surface area contributed by atoms with E-state index in [1.807, 2.05) is 20.8 Å². The van der Waals surface area contributed by atoms with Crippen molar-refractivity contribution in [2.24, 2.45) is 0 Å². The summed E-state index contributed by atoms with van der Waals surface area (Å²) in [4.78, 5) is 26.5. The van der Waals surface area contributed by atoms with Crippen LogP contribution >= 0.6 is 23.2 Å². The molecular formula is C21H24Cl2N2O4. The molecule has 1 unspecified atom stereocenters. The number of rotatable bonds is 3. The van der Waals surface area contributed by atoms with Crippen molar-refractivity contribution in [1.82, 2.24) is 9.47 Å². The van der Waals surface area contributed by atoms with Gasteiger partial charge in [-0.25, -0.2) is 4.79 Å². The maximum atomic E-state index is 12.5. The standard InChI is InChI=1S/C21H24Cl2N2O4/c1-21(2,3)29-20(27)24-10-9-14(12-24)25-11-13(5-8-17(25)26)18-16(28-4)7-6-15(22)19(18)23/h5-8,11,14H,9-10,12H2,1-4H3. The van der Waals surface area contributed by atoms with Crippen LogP contribution in [-0.2, 0) is 4.74 Å². The van der Waals surface area contributed by atoms with Crippen LogP contribution in [0.15, 0.2) is 35.3 Å². The molecule has 1 aliphatic rings. The van der Waals surface area contributed by atoms with Gasteiger partial charge in [-0.1, -0.05) is 23.2 Å². The number of hydrogen-bond donors (Lipinski definition) is 0. The summed E-state index contributed by atoms with van der Waals surface area (Å²) in [6.07, 6.45) is 2.03. The van der Waals surface area contributed by atoms with Crippen molar-refractivity contribution in [3.05, 3.63) is 50.9 Å². The molecule has 1 fully saturated rings. The first-order valence-corrected chi connectivity index (χ1v) is 10.1. The van der Waals surface area contributed by atoms with Crippen LogP contribution < -0.4 is 10.3 Å². The summed E-state index contributed by atoms with van der Waals surface area (Å²) in [6, 6.07) is 6.43. The molecule has 0 aliphatic carbocycles. The fourth-order valence-electron chi connectivity index (χ4n) is 3.37. The van der Waals surface area contributed by atoms with Gasteiger partial charge in [0.05, 0.1) is 23.2 Å². The molecule has 1 amide bonds. The minimum Gasteiger partial charge on any atom is -0.496 e. The summed E-state index contributed by atoms with van der Waals surface area (Å²) in [5.41, 5.74) is 0.621. The van der Waals surface area contributed by atoms with E-state index in [1.165, 1.54) is 6.07 Å². The minimum absolute atomic E-state index is 0.151. The van der Waals surface area contributed by atoms with Gasteiger partial charge in [0, 0.05) is 36.5 Å². The first-order valence-electron chi connectivity index (χ1n) is 9.33. The SMILES string of the molecule is COc1ccc(Cl)c(Cl)c1-c1ccc(=O)n(C2CCN(C(=O)OC(C)(C)C)C2)c1. The van der Waals surface area contributed by atoms with Crippen molar-refractivity contribution >= 4 is 29.3 Å².